The van der Waals surface area contributed by atoms with Crippen molar-refractivity contribution >= 4 is 11.6 Å². The van der Waals surface area contributed by atoms with Gasteiger partial charge in [-0.2, -0.15) is 0 Å². The number of oxazole rings is 1. The number of hydrogen-bond donors (Lipinski definition) is 0. The quantitative estimate of drug-likeness (QED) is 0.620. The lowest BCUT2D eigenvalue weighted by Gasteiger charge is -2.36. The maximum absolute atomic E-state index is 13.1. The molecule has 0 unspecified atom stereocenters. The first kappa shape index (κ1) is 19.9. The lowest BCUT2D eigenvalue weighted by atomic mass is 10.2. The van der Waals surface area contributed by atoms with Crippen molar-refractivity contribution in [2.45, 2.75) is 12.8 Å². The monoisotopic (exact) mass is 409 g/mol. The SMILES string of the molecule is COc1cccc(N2CCN(C(=O)CCc3ncc(-c4ccc(F)cc4)o3)CC2)c1. The Balaban J connectivity index is 1.28. The van der Waals surface area contributed by atoms with Crippen molar-refractivity contribution in [1.82, 2.24) is 9.88 Å². The van der Waals surface area contributed by atoms with E-state index < -0.39 is 0 Å². The highest BCUT2D eigenvalue weighted by atomic mass is 19.1. The minimum atomic E-state index is -0.296. The van der Waals surface area contributed by atoms with E-state index in [9.17, 15) is 9.18 Å². The number of ether oxygens (including phenoxy) is 1. The average molecular weight is 409 g/mol. The van der Waals surface area contributed by atoms with E-state index in [1.54, 1.807) is 25.4 Å². The van der Waals surface area contributed by atoms with Gasteiger partial charge in [0.15, 0.2) is 11.7 Å². The second kappa shape index (κ2) is 8.98. The fourth-order valence-electron chi connectivity index (χ4n) is 3.57. The molecule has 30 heavy (non-hydrogen) atoms. The molecular formula is C23H24FN3O3. The van der Waals surface area contributed by atoms with Crippen molar-refractivity contribution in [1.29, 1.82) is 0 Å². The van der Waals surface area contributed by atoms with Gasteiger partial charge < -0.3 is 19.0 Å². The predicted molar refractivity (Wildman–Crippen MR) is 112 cm³/mol. The van der Waals surface area contributed by atoms with Gasteiger partial charge in [0.25, 0.3) is 0 Å². The Morgan fingerprint density at radius 2 is 1.90 bits per heavy atom. The molecule has 1 aromatic heterocycles. The van der Waals surface area contributed by atoms with Crippen molar-refractivity contribution in [2.24, 2.45) is 0 Å². The summed E-state index contributed by atoms with van der Waals surface area (Å²) >= 11 is 0. The Morgan fingerprint density at radius 3 is 2.63 bits per heavy atom. The molecule has 0 radical (unpaired) electrons. The van der Waals surface area contributed by atoms with Crippen LogP contribution in [0.1, 0.15) is 12.3 Å². The van der Waals surface area contributed by atoms with Crippen molar-refractivity contribution in [2.75, 3.05) is 38.2 Å². The van der Waals surface area contributed by atoms with Crippen LogP contribution in [0.5, 0.6) is 5.75 Å². The topological polar surface area (TPSA) is 58.8 Å². The summed E-state index contributed by atoms with van der Waals surface area (Å²) in [5.41, 5.74) is 1.87. The van der Waals surface area contributed by atoms with E-state index >= 15 is 0 Å². The third-order valence-corrected chi connectivity index (χ3v) is 5.29. The van der Waals surface area contributed by atoms with Crippen molar-refractivity contribution in [3.05, 3.63) is 66.4 Å². The van der Waals surface area contributed by atoms with Gasteiger partial charge in [-0.15, -0.1) is 0 Å². The lowest BCUT2D eigenvalue weighted by Crippen LogP contribution is -2.48. The Kier molecular flexibility index (Phi) is 5.97. The number of benzene rings is 2. The van der Waals surface area contributed by atoms with Crippen molar-refractivity contribution in [3.8, 4) is 17.1 Å². The summed E-state index contributed by atoms with van der Waals surface area (Å²) in [4.78, 5) is 21.0. The molecule has 156 valence electrons. The highest BCUT2D eigenvalue weighted by Gasteiger charge is 2.22. The number of amides is 1. The van der Waals surface area contributed by atoms with Crippen molar-refractivity contribution in [3.63, 3.8) is 0 Å². The molecule has 3 aromatic rings. The summed E-state index contributed by atoms with van der Waals surface area (Å²) in [7, 11) is 1.66. The highest BCUT2D eigenvalue weighted by molar-refractivity contribution is 5.76. The molecule has 1 fully saturated rings. The standard InChI is InChI=1S/C23H24FN3O3/c1-29-20-4-2-3-19(15-20)26-11-13-27(14-12-26)23(28)10-9-22-25-16-21(30-22)17-5-7-18(24)8-6-17/h2-8,15-16H,9-14H2,1H3. The third kappa shape index (κ3) is 4.62. The molecule has 0 saturated carbocycles. The number of carbonyl (C=O) groups excluding carboxylic acids is 1. The van der Waals surface area contributed by atoms with Crippen LogP contribution in [0.15, 0.2) is 59.1 Å². The predicted octanol–water partition coefficient (Wildman–Crippen LogP) is 3.77. The lowest BCUT2D eigenvalue weighted by molar-refractivity contribution is -0.131. The zero-order chi connectivity index (χ0) is 20.9. The van der Waals surface area contributed by atoms with Crippen molar-refractivity contribution < 1.29 is 18.3 Å². The molecule has 0 bridgehead atoms. The molecule has 7 heteroatoms. The molecule has 4 rings (SSSR count). The molecule has 2 aromatic carbocycles. The first-order valence-corrected chi connectivity index (χ1v) is 10.00. The van der Waals surface area contributed by atoms with Gasteiger partial charge >= 0.3 is 0 Å². The molecule has 1 amide bonds. The van der Waals surface area contributed by atoms with Crippen LogP contribution in [-0.4, -0.2) is 49.1 Å². The minimum Gasteiger partial charge on any atom is -0.497 e. The van der Waals surface area contributed by atoms with Crippen LogP contribution in [-0.2, 0) is 11.2 Å². The molecule has 0 spiro atoms. The third-order valence-electron chi connectivity index (χ3n) is 5.29. The Labute approximate surface area is 174 Å². The number of carbonyl (C=O) groups is 1. The summed E-state index contributed by atoms with van der Waals surface area (Å²) in [5, 5.41) is 0. The Morgan fingerprint density at radius 1 is 1.13 bits per heavy atom. The molecule has 6 nitrogen and oxygen atoms in total. The fourth-order valence-corrected chi connectivity index (χ4v) is 3.57. The number of aromatic nitrogens is 1. The van der Waals surface area contributed by atoms with Crippen LogP contribution in [0.25, 0.3) is 11.3 Å². The van der Waals surface area contributed by atoms with E-state index in [0.717, 1.165) is 30.1 Å². The van der Waals surface area contributed by atoms with Crippen LogP contribution in [0.2, 0.25) is 0 Å². The normalized spacial score (nSPS) is 14.1. The molecule has 1 aliphatic rings. The second-order valence-electron chi connectivity index (χ2n) is 7.19. The van der Waals surface area contributed by atoms with Crippen LogP contribution in [0, 0.1) is 5.82 Å². The number of piperazine rings is 1. The minimum absolute atomic E-state index is 0.0989. The highest BCUT2D eigenvalue weighted by Crippen LogP contribution is 2.23. The number of methoxy groups -OCH3 is 1. The summed E-state index contributed by atoms with van der Waals surface area (Å²) in [5.74, 6) is 1.72. The van der Waals surface area contributed by atoms with Crippen LogP contribution in [0.3, 0.4) is 0 Å². The zero-order valence-electron chi connectivity index (χ0n) is 16.9. The smallest absolute Gasteiger partial charge is 0.223 e. The van der Waals surface area contributed by atoms with Gasteiger partial charge in [0.05, 0.1) is 13.3 Å². The van der Waals surface area contributed by atoms with Gasteiger partial charge in [-0.25, -0.2) is 9.37 Å². The van der Waals surface area contributed by atoms with Gasteiger partial charge in [-0.3, -0.25) is 4.79 Å². The van der Waals surface area contributed by atoms with Crippen LogP contribution < -0.4 is 9.64 Å². The number of nitrogens with zero attached hydrogens (tertiary/aromatic N) is 3. The maximum Gasteiger partial charge on any atom is 0.223 e. The Bertz CT molecular complexity index is 995. The molecule has 0 atom stereocenters. The fraction of sp³-hybridized carbons (Fsp3) is 0.304. The molecule has 1 aliphatic heterocycles. The number of anilines is 1. The molecule has 0 N–H and O–H groups in total. The second-order valence-corrected chi connectivity index (χ2v) is 7.19. The average Bonchev–Trinajstić information content (AvgIpc) is 3.27. The molecule has 1 saturated heterocycles. The summed E-state index contributed by atoms with van der Waals surface area (Å²) in [6, 6.07) is 14.0. The zero-order valence-corrected chi connectivity index (χ0v) is 16.9. The first-order valence-electron chi connectivity index (χ1n) is 10.00. The van der Waals surface area contributed by atoms with E-state index in [1.165, 1.54) is 12.1 Å². The number of halogens is 1. The van der Waals surface area contributed by atoms with E-state index in [1.807, 2.05) is 23.1 Å². The van der Waals surface area contributed by atoms with E-state index in [0.29, 0.717) is 37.6 Å². The van der Waals surface area contributed by atoms with Gasteiger partial charge in [0.2, 0.25) is 5.91 Å². The number of aryl methyl sites for hydroxylation is 1. The van der Waals surface area contributed by atoms with E-state index in [2.05, 4.69) is 16.0 Å². The van der Waals surface area contributed by atoms with Gasteiger partial charge in [-0.1, -0.05) is 6.07 Å². The summed E-state index contributed by atoms with van der Waals surface area (Å²) in [6.07, 6.45) is 2.40. The van der Waals surface area contributed by atoms with Gasteiger partial charge in [0.1, 0.15) is 11.6 Å². The number of rotatable bonds is 6. The molecule has 2 heterocycles. The van der Waals surface area contributed by atoms with Crippen LogP contribution in [0.4, 0.5) is 10.1 Å². The van der Waals surface area contributed by atoms with Gasteiger partial charge in [-0.05, 0) is 36.4 Å². The molecular weight excluding hydrogens is 385 g/mol. The number of hydrogen-bond acceptors (Lipinski definition) is 5. The first-order chi connectivity index (χ1) is 14.6. The van der Waals surface area contributed by atoms with E-state index in [4.69, 9.17) is 9.15 Å². The van der Waals surface area contributed by atoms with E-state index in [-0.39, 0.29) is 11.7 Å². The van der Waals surface area contributed by atoms with Crippen LogP contribution >= 0.6 is 0 Å². The maximum atomic E-state index is 13.1. The van der Waals surface area contributed by atoms with Gasteiger partial charge in [0, 0.05) is 56.3 Å². The Hall–Kier alpha value is -3.35. The largest absolute Gasteiger partial charge is 0.497 e. The summed E-state index contributed by atoms with van der Waals surface area (Å²) < 4.78 is 24.1. The molecule has 0 aliphatic carbocycles. The summed E-state index contributed by atoms with van der Waals surface area (Å²) in [6.45, 7) is 2.93.